The van der Waals surface area contributed by atoms with Crippen molar-refractivity contribution < 1.29 is 18.3 Å². The summed E-state index contributed by atoms with van der Waals surface area (Å²) in [6, 6.07) is 9.12. The first-order valence-corrected chi connectivity index (χ1v) is 26.2. The second-order valence-corrected chi connectivity index (χ2v) is 24.2. The van der Waals surface area contributed by atoms with Crippen LogP contribution in [0, 0.1) is 48.2 Å². The largest absolute Gasteiger partial charge is 0.502 e. The molecule has 2 aromatic carbocycles. The first-order valence-electron chi connectivity index (χ1n) is 19.1. The van der Waals surface area contributed by atoms with Crippen LogP contribution < -0.4 is 9.80 Å². The van der Waals surface area contributed by atoms with Crippen molar-refractivity contribution in [2.45, 2.75) is 131 Å². The SMILES string of the molecule is C1CCC([PH+](C2CCCCC2)N2CCOCC2)CC1.CC(C)=C[CH]=[Ru]([Cl])[Cl].Cc1cc(C)c(N2[CH-]N(c3c(C)cc(C)cc3C)CC2)c(C)c1. The first-order chi connectivity index (χ1) is 23.9. The van der Waals surface area contributed by atoms with Gasteiger partial charge in [-0.25, -0.2) is 0 Å². The number of anilines is 2. The van der Waals surface area contributed by atoms with Gasteiger partial charge >= 0.3 is 63.0 Å². The van der Waals surface area contributed by atoms with Gasteiger partial charge in [-0.1, -0.05) is 48.2 Å². The zero-order valence-electron chi connectivity index (χ0n) is 32.4. The molecule has 4 fully saturated rings. The molecule has 4 aliphatic rings. The Morgan fingerprint density at radius 2 is 1.08 bits per heavy atom. The zero-order valence-corrected chi connectivity index (χ0v) is 36.6. The summed E-state index contributed by atoms with van der Waals surface area (Å²) in [6.07, 6.45) is 17.2. The van der Waals surface area contributed by atoms with E-state index in [0.29, 0.717) is 0 Å². The standard InChI is InChI=1S/C21H27N2.C16H30NOP.C5H8.2ClH.Ru/c1-14-9-16(3)20(17(4)10-14)22-7-8-23(13-22)21-18(5)11-15(2)12-19(21)6;1-3-7-15(8-4-1)19(16-9-5-2-6-10-16)17-11-13-18-14-12-17;1-4-5(2)3;;;/h9-13H,7-8H2,1-6H3;15-16H,1-14H2;1,4H,2-3H3;2*1H;/q-1;;;;;+2/p-1. The van der Waals surface area contributed by atoms with E-state index in [1.54, 1.807) is 25.7 Å². The molecule has 8 heteroatoms. The van der Waals surface area contributed by atoms with E-state index < -0.39 is 13.5 Å². The van der Waals surface area contributed by atoms with Gasteiger partial charge in [-0.05, 0) is 115 Å². The fourth-order valence-corrected chi connectivity index (χ4v) is 14.4. The molecule has 2 aliphatic heterocycles. The Balaban J connectivity index is 0.000000188. The molecule has 0 radical (unpaired) electrons. The molecule has 2 saturated carbocycles. The molecular formula is C42H66Cl2N3OPRu. The second-order valence-electron chi connectivity index (χ2n) is 15.3. The van der Waals surface area contributed by atoms with E-state index >= 15 is 0 Å². The maximum atomic E-state index is 5.60. The minimum atomic E-state index is -1.52. The molecule has 0 unspecified atom stereocenters. The first kappa shape index (κ1) is 42.0. The van der Waals surface area contributed by atoms with Crippen LogP contribution >= 0.6 is 27.5 Å². The van der Waals surface area contributed by atoms with Crippen molar-refractivity contribution in [2.24, 2.45) is 0 Å². The summed E-state index contributed by atoms with van der Waals surface area (Å²) in [4.78, 5) is 4.81. The van der Waals surface area contributed by atoms with Crippen LogP contribution in [0.3, 0.4) is 0 Å². The Labute approximate surface area is 320 Å². The summed E-state index contributed by atoms with van der Waals surface area (Å²) in [5.41, 5.74) is 14.3. The number of morpholine rings is 1. The Morgan fingerprint density at radius 3 is 1.42 bits per heavy atom. The minimum Gasteiger partial charge on any atom is -0.502 e. The fourth-order valence-electron chi connectivity index (χ4n) is 8.72. The molecule has 2 heterocycles. The number of halogens is 2. The molecule has 0 atom stereocenters. The van der Waals surface area contributed by atoms with E-state index in [0.717, 1.165) is 37.6 Å². The van der Waals surface area contributed by atoms with Crippen LogP contribution in [0.5, 0.6) is 0 Å². The topological polar surface area (TPSA) is 19.0 Å². The van der Waals surface area contributed by atoms with E-state index in [1.165, 1.54) is 102 Å². The van der Waals surface area contributed by atoms with Crippen LogP contribution in [-0.4, -0.2) is 60.0 Å². The van der Waals surface area contributed by atoms with Gasteiger partial charge in [0.2, 0.25) is 0 Å². The molecule has 282 valence electrons. The number of aryl methyl sites for hydroxylation is 6. The van der Waals surface area contributed by atoms with Crippen LogP contribution in [-0.2, 0) is 18.3 Å². The van der Waals surface area contributed by atoms with E-state index in [-0.39, 0.29) is 8.07 Å². The van der Waals surface area contributed by atoms with Gasteiger partial charge in [-0.2, -0.15) is 11.3 Å². The van der Waals surface area contributed by atoms with Crippen LogP contribution in [0.4, 0.5) is 11.4 Å². The number of hydrogen-bond donors (Lipinski definition) is 0. The predicted octanol–water partition coefficient (Wildman–Crippen LogP) is 11.8. The summed E-state index contributed by atoms with van der Waals surface area (Å²) in [6.45, 7) is 26.1. The summed E-state index contributed by atoms with van der Waals surface area (Å²) < 4.78 is 10.4. The number of ether oxygens (including phenoxy) is 1. The molecular weight excluding hydrogens is 765 g/mol. The quantitative estimate of drug-likeness (QED) is 0.164. The summed E-state index contributed by atoms with van der Waals surface area (Å²) >= 11 is -1.52. The normalized spacial score (nSPS) is 19.4. The van der Waals surface area contributed by atoms with Gasteiger partial charge in [-0.15, -0.1) is 0 Å². The third-order valence-corrected chi connectivity index (χ3v) is 16.4. The number of rotatable bonds is 6. The minimum absolute atomic E-state index is 0.293. The Morgan fingerprint density at radius 1 is 0.680 bits per heavy atom. The fraction of sp³-hybridized carbons (Fsp3) is 0.619. The van der Waals surface area contributed by atoms with Gasteiger partial charge in [0.25, 0.3) is 0 Å². The molecule has 0 amide bonds. The molecule has 2 aromatic rings. The smallest absolute Gasteiger partial charge is 0.0146 e. The molecule has 50 heavy (non-hydrogen) atoms. The van der Waals surface area contributed by atoms with Crippen molar-refractivity contribution in [3.8, 4) is 0 Å². The van der Waals surface area contributed by atoms with Crippen LogP contribution in [0.1, 0.15) is 111 Å². The number of nitrogens with zero attached hydrogens (tertiary/aromatic N) is 3. The summed E-state index contributed by atoms with van der Waals surface area (Å²) in [5, 5.41) is 0. The molecule has 4 nitrogen and oxygen atoms in total. The molecule has 0 spiro atoms. The van der Waals surface area contributed by atoms with Crippen molar-refractivity contribution in [1.82, 2.24) is 4.67 Å². The van der Waals surface area contributed by atoms with Crippen LogP contribution in [0.15, 0.2) is 35.9 Å². The third-order valence-electron chi connectivity index (χ3n) is 10.6. The van der Waals surface area contributed by atoms with Gasteiger partial charge in [-0.3, -0.25) is 0 Å². The number of allylic oxidation sites excluding steroid dienone is 2. The van der Waals surface area contributed by atoms with Crippen molar-refractivity contribution in [3.63, 3.8) is 0 Å². The summed E-state index contributed by atoms with van der Waals surface area (Å²) in [7, 11) is 10.8. The van der Waals surface area contributed by atoms with E-state index in [9.17, 15) is 0 Å². The monoisotopic (exact) mass is 831 g/mol. The molecule has 0 bridgehead atoms. The number of benzene rings is 2. The Kier molecular flexibility index (Phi) is 17.8. The number of hydrogen-bond acceptors (Lipinski definition) is 4. The molecule has 0 N–H and O–H groups in total. The van der Waals surface area contributed by atoms with E-state index in [2.05, 4.69) is 86.9 Å². The average molecular weight is 832 g/mol. The maximum absolute atomic E-state index is 5.60. The van der Waals surface area contributed by atoms with Crippen LogP contribution in [0.25, 0.3) is 0 Å². The Bertz CT molecular complexity index is 1250. The van der Waals surface area contributed by atoms with Crippen molar-refractivity contribution in [3.05, 3.63) is 76.0 Å². The van der Waals surface area contributed by atoms with E-state index in [1.807, 2.05) is 24.5 Å². The molecule has 6 rings (SSSR count). The average Bonchev–Trinajstić information content (AvgIpc) is 3.54. The molecule has 0 aromatic heterocycles. The second kappa shape index (κ2) is 21.2. The van der Waals surface area contributed by atoms with Gasteiger partial charge in [0.15, 0.2) is 0 Å². The van der Waals surface area contributed by atoms with Gasteiger partial charge in [0.05, 0.1) is 45.7 Å². The predicted molar refractivity (Wildman–Crippen MR) is 222 cm³/mol. The van der Waals surface area contributed by atoms with Gasteiger partial charge in [0, 0.05) is 24.5 Å². The molecule has 2 saturated heterocycles. The van der Waals surface area contributed by atoms with Gasteiger partial charge in [0.1, 0.15) is 0 Å². The summed E-state index contributed by atoms with van der Waals surface area (Å²) in [5.74, 6) is 0. The zero-order chi connectivity index (χ0) is 36.2. The maximum Gasteiger partial charge on any atom is 0.0146 e. The Hall–Kier alpha value is -0.797. The van der Waals surface area contributed by atoms with E-state index in [4.69, 9.17) is 24.1 Å². The van der Waals surface area contributed by atoms with Crippen LogP contribution in [0.2, 0.25) is 0 Å². The van der Waals surface area contributed by atoms with Crippen molar-refractivity contribution in [1.29, 1.82) is 0 Å². The van der Waals surface area contributed by atoms with Crippen molar-refractivity contribution in [2.75, 3.05) is 49.2 Å². The van der Waals surface area contributed by atoms with Crippen molar-refractivity contribution >= 4 is 43.4 Å². The van der Waals surface area contributed by atoms with Gasteiger partial charge < -0.3 is 14.5 Å². The molecule has 2 aliphatic carbocycles. The third kappa shape index (κ3) is 12.7.